The molecule has 0 amide bonds. The smallest absolute Gasteiger partial charge is 0.168 e. The van der Waals surface area contributed by atoms with E-state index in [0.29, 0.717) is 6.42 Å². The van der Waals surface area contributed by atoms with Crippen LogP contribution in [0.4, 0.5) is 0 Å². The van der Waals surface area contributed by atoms with Crippen molar-refractivity contribution in [3.05, 3.63) is 63.0 Å². The second-order valence-electron chi connectivity index (χ2n) is 3.89. The van der Waals surface area contributed by atoms with E-state index in [1.165, 1.54) is 0 Å². The van der Waals surface area contributed by atoms with Crippen molar-refractivity contribution in [2.75, 3.05) is 0 Å². The van der Waals surface area contributed by atoms with E-state index >= 15 is 0 Å². The molecule has 1 aromatic carbocycles. The van der Waals surface area contributed by atoms with Crippen molar-refractivity contribution in [3.8, 4) is 0 Å². The van der Waals surface area contributed by atoms with Crippen LogP contribution in [0.3, 0.4) is 0 Å². The van der Waals surface area contributed by atoms with Gasteiger partial charge >= 0.3 is 0 Å². The average molecular weight is 337 g/mol. The van der Waals surface area contributed by atoms with Crippen molar-refractivity contribution in [1.82, 2.24) is 4.98 Å². The van der Waals surface area contributed by atoms with Gasteiger partial charge in [0.05, 0.1) is 0 Å². The SMILES string of the molecule is Cc1cccc(C(=O)Cc2ccncc2)c1I. The molecule has 2 rings (SSSR count). The molecule has 0 aliphatic rings. The number of rotatable bonds is 3. The molecule has 3 heteroatoms. The van der Waals surface area contributed by atoms with Gasteiger partial charge in [-0.25, -0.2) is 0 Å². The van der Waals surface area contributed by atoms with Gasteiger partial charge < -0.3 is 0 Å². The molecule has 0 saturated heterocycles. The molecule has 17 heavy (non-hydrogen) atoms. The molecule has 0 radical (unpaired) electrons. The minimum atomic E-state index is 0.157. The Morgan fingerprint density at radius 2 is 1.94 bits per heavy atom. The summed E-state index contributed by atoms with van der Waals surface area (Å²) in [6.45, 7) is 2.02. The standard InChI is InChI=1S/C14H12INO/c1-10-3-2-4-12(14(10)15)13(17)9-11-5-7-16-8-6-11/h2-8H,9H2,1H3. The zero-order valence-electron chi connectivity index (χ0n) is 9.48. The third-order valence-corrected chi connectivity index (χ3v) is 4.04. The van der Waals surface area contributed by atoms with E-state index in [0.717, 1.165) is 20.3 Å². The third kappa shape index (κ3) is 2.91. The van der Waals surface area contributed by atoms with Crippen LogP contribution in [0.25, 0.3) is 0 Å². The Labute approximate surface area is 114 Å². The lowest BCUT2D eigenvalue weighted by atomic mass is 10.0. The number of nitrogens with zero attached hydrogens (tertiary/aromatic N) is 1. The summed E-state index contributed by atoms with van der Waals surface area (Å²) in [4.78, 5) is 16.1. The Morgan fingerprint density at radius 3 is 2.65 bits per heavy atom. The number of carbonyl (C=O) groups excluding carboxylic acids is 1. The Kier molecular flexibility index (Phi) is 3.89. The van der Waals surface area contributed by atoms with Gasteiger partial charge in [0, 0.05) is 27.9 Å². The van der Waals surface area contributed by atoms with E-state index in [-0.39, 0.29) is 5.78 Å². The molecule has 0 spiro atoms. The van der Waals surface area contributed by atoms with Crippen LogP contribution in [0, 0.1) is 10.5 Å². The van der Waals surface area contributed by atoms with Crippen molar-refractivity contribution >= 4 is 28.4 Å². The van der Waals surface area contributed by atoms with Crippen molar-refractivity contribution in [1.29, 1.82) is 0 Å². The predicted octanol–water partition coefficient (Wildman–Crippen LogP) is 3.42. The fourth-order valence-corrected chi connectivity index (χ4v) is 2.30. The Hall–Kier alpha value is -1.23. The fraction of sp³-hybridized carbons (Fsp3) is 0.143. The molecule has 0 unspecified atom stereocenters. The molecule has 0 aliphatic carbocycles. The number of halogens is 1. The highest BCUT2D eigenvalue weighted by Gasteiger charge is 2.11. The molecule has 0 saturated carbocycles. The summed E-state index contributed by atoms with van der Waals surface area (Å²) in [6.07, 6.45) is 3.86. The maximum absolute atomic E-state index is 12.2. The predicted molar refractivity (Wildman–Crippen MR) is 76.2 cm³/mol. The van der Waals surface area contributed by atoms with E-state index < -0.39 is 0 Å². The second-order valence-corrected chi connectivity index (χ2v) is 4.97. The number of Topliss-reactive ketones (excluding diaryl/α,β-unsaturated/α-hetero) is 1. The molecule has 0 N–H and O–H groups in total. The summed E-state index contributed by atoms with van der Waals surface area (Å²) in [6, 6.07) is 9.59. The number of aromatic nitrogens is 1. The number of ketones is 1. The molecule has 2 nitrogen and oxygen atoms in total. The number of pyridine rings is 1. The van der Waals surface area contributed by atoms with Gasteiger partial charge in [-0.2, -0.15) is 0 Å². The number of aryl methyl sites for hydroxylation is 1. The molecule has 0 fully saturated rings. The first kappa shape index (κ1) is 12.2. The first-order valence-corrected chi connectivity index (χ1v) is 6.43. The number of hydrogen-bond donors (Lipinski definition) is 0. The second kappa shape index (κ2) is 5.40. The van der Waals surface area contributed by atoms with E-state index in [4.69, 9.17) is 0 Å². The lowest BCUT2D eigenvalue weighted by Crippen LogP contribution is -2.06. The average Bonchev–Trinajstić information content (AvgIpc) is 2.34. The van der Waals surface area contributed by atoms with Crippen molar-refractivity contribution < 1.29 is 4.79 Å². The van der Waals surface area contributed by atoms with Crippen LogP contribution < -0.4 is 0 Å². The zero-order valence-corrected chi connectivity index (χ0v) is 11.6. The highest BCUT2D eigenvalue weighted by Crippen LogP contribution is 2.18. The lowest BCUT2D eigenvalue weighted by Gasteiger charge is -2.06. The molecule has 0 bridgehead atoms. The van der Waals surface area contributed by atoms with E-state index in [1.54, 1.807) is 12.4 Å². The monoisotopic (exact) mass is 337 g/mol. The molecule has 1 aromatic heterocycles. The topological polar surface area (TPSA) is 30.0 Å². The molecule has 0 atom stereocenters. The van der Waals surface area contributed by atoms with Gasteiger partial charge in [-0.15, -0.1) is 0 Å². The Morgan fingerprint density at radius 1 is 1.24 bits per heavy atom. The van der Waals surface area contributed by atoms with Gasteiger partial charge in [-0.05, 0) is 52.8 Å². The van der Waals surface area contributed by atoms with Gasteiger partial charge in [0.2, 0.25) is 0 Å². The minimum absolute atomic E-state index is 0.157. The normalized spacial score (nSPS) is 10.2. The van der Waals surface area contributed by atoms with Gasteiger partial charge in [-0.1, -0.05) is 18.2 Å². The molecule has 0 aliphatic heterocycles. The van der Waals surface area contributed by atoms with Gasteiger partial charge in [-0.3, -0.25) is 9.78 Å². The summed E-state index contributed by atoms with van der Waals surface area (Å²) in [5.74, 6) is 0.157. The summed E-state index contributed by atoms with van der Waals surface area (Å²) < 4.78 is 1.05. The van der Waals surface area contributed by atoms with Crippen LogP contribution in [0.5, 0.6) is 0 Å². The van der Waals surface area contributed by atoms with Crippen LogP contribution in [0.1, 0.15) is 21.5 Å². The third-order valence-electron chi connectivity index (χ3n) is 2.61. The summed E-state index contributed by atoms with van der Waals surface area (Å²) in [7, 11) is 0. The summed E-state index contributed by atoms with van der Waals surface area (Å²) >= 11 is 2.23. The Bertz CT molecular complexity index is 537. The quantitative estimate of drug-likeness (QED) is 0.635. The number of hydrogen-bond acceptors (Lipinski definition) is 2. The van der Waals surface area contributed by atoms with E-state index in [2.05, 4.69) is 27.6 Å². The summed E-state index contributed by atoms with van der Waals surface area (Å²) in [5, 5.41) is 0. The van der Waals surface area contributed by atoms with Crippen LogP contribution in [-0.2, 0) is 6.42 Å². The lowest BCUT2D eigenvalue weighted by molar-refractivity contribution is 0.0992. The van der Waals surface area contributed by atoms with Crippen LogP contribution in [-0.4, -0.2) is 10.8 Å². The fourth-order valence-electron chi connectivity index (χ4n) is 1.64. The molecular weight excluding hydrogens is 325 g/mol. The van der Waals surface area contributed by atoms with Gasteiger partial charge in [0.25, 0.3) is 0 Å². The minimum Gasteiger partial charge on any atom is -0.294 e. The zero-order chi connectivity index (χ0) is 12.3. The van der Waals surface area contributed by atoms with Crippen LogP contribution >= 0.6 is 22.6 Å². The van der Waals surface area contributed by atoms with E-state index in [9.17, 15) is 4.79 Å². The largest absolute Gasteiger partial charge is 0.294 e. The molecule has 1 heterocycles. The summed E-state index contributed by atoms with van der Waals surface area (Å²) in [5.41, 5.74) is 2.95. The molecular formula is C14H12INO. The van der Waals surface area contributed by atoms with Crippen LogP contribution in [0.15, 0.2) is 42.7 Å². The molecule has 2 aromatic rings. The highest BCUT2D eigenvalue weighted by atomic mass is 127. The maximum Gasteiger partial charge on any atom is 0.168 e. The van der Waals surface area contributed by atoms with Crippen molar-refractivity contribution in [2.45, 2.75) is 13.3 Å². The Balaban J connectivity index is 2.24. The van der Waals surface area contributed by atoms with E-state index in [1.807, 2.05) is 37.3 Å². The first-order valence-electron chi connectivity index (χ1n) is 5.35. The number of benzene rings is 1. The van der Waals surface area contributed by atoms with Crippen molar-refractivity contribution in [2.24, 2.45) is 0 Å². The molecule has 86 valence electrons. The van der Waals surface area contributed by atoms with Crippen molar-refractivity contribution in [3.63, 3.8) is 0 Å². The van der Waals surface area contributed by atoms with Crippen LogP contribution in [0.2, 0.25) is 0 Å². The number of carbonyl (C=O) groups is 1. The van der Waals surface area contributed by atoms with Gasteiger partial charge in [0.1, 0.15) is 0 Å². The maximum atomic E-state index is 12.2. The highest BCUT2D eigenvalue weighted by molar-refractivity contribution is 14.1. The first-order chi connectivity index (χ1) is 8.18. The van der Waals surface area contributed by atoms with Gasteiger partial charge in [0.15, 0.2) is 5.78 Å².